The highest BCUT2D eigenvalue weighted by Crippen LogP contribution is 2.25. The lowest BCUT2D eigenvalue weighted by Crippen LogP contribution is -2.21. The van der Waals surface area contributed by atoms with Crippen molar-refractivity contribution in [3.05, 3.63) is 57.5 Å². The Morgan fingerprint density at radius 1 is 1.29 bits per heavy atom. The molecule has 0 aromatic heterocycles. The molecule has 7 heteroatoms. The molecule has 24 heavy (non-hydrogen) atoms. The van der Waals surface area contributed by atoms with E-state index in [-0.39, 0.29) is 11.7 Å². The quantitative estimate of drug-likeness (QED) is 0.411. The highest BCUT2D eigenvalue weighted by atomic mass is 79.9. The zero-order valence-corrected chi connectivity index (χ0v) is 16.3. The number of carbonyl (C=O) groups excluding carboxylic acids is 1. The SMILES string of the molecule is COc1ccc(/C(C)=N\NC(=O)CSc2ccc(Cl)cc2)cc1Br. The fourth-order valence-corrected chi connectivity index (χ4v) is 3.17. The molecule has 126 valence electrons. The van der Waals surface area contributed by atoms with E-state index in [2.05, 4.69) is 26.5 Å². The van der Waals surface area contributed by atoms with Gasteiger partial charge in [0.1, 0.15) is 5.75 Å². The third-order valence-electron chi connectivity index (χ3n) is 3.10. The van der Waals surface area contributed by atoms with E-state index in [9.17, 15) is 4.79 Å². The summed E-state index contributed by atoms with van der Waals surface area (Å²) >= 11 is 10.7. The molecule has 2 aromatic carbocycles. The van der Waals surface area contributed by atoms with Crippen molar-refractivity contribution in [3.8, 4) is 5.75 Å². The smallest absolute Gasteiger partial charge is 0.250 e. The van der Waals surface area contributed by atoms with Gasteiger partial charge in [-0.2, -0.15) is 5.10 Å². The zero-order valence-electron chi connectivity index (χ0n) is 13.2. The van der Waals surface area contributed by atoms with E-state index in [4.69, 9.17) is 16.3 Å². The van der Waals surface area contributed by atoms with E-state index >= 15 is 0 Å². The van der Waals surface area contributed by atoms with Gasteiger partial charge in [0.15, 0.2) is 0 Å². The number of hydrogen-bond acceptors (Lipinski definition) is 4. The van der Waals surface area contributed by atoms with E-state index < -0.39 is 0 Å². The molecule has 0 unspecified atom stereocenters. The molecule has 0 atom stereocenters. The maximum absolute atomic E-state index is 11.9. The van der Waals surface area contributed by atoms with Gasteiger partial charge in [0, 0.05) is 9.92 Å². The second-order valence-electron chi connectivity index (χ2n) is 4.82. The molecular formula is C17H16BrClN2O2S. The van der Waals surface area contributed by atoms with Gasteiger partial charge in [0.05, 0.1) is 23.0 Å². The minimum absolute atomic E-state index is 0.165. The van der Waals surface area contributed by atoms with E-state index in [1.165, 1.54) is 11.8 Å². The Kier molecular flexibility index (Phi) is 7.15. The molecular weight excluding hydrogens is 412 g/mol. The third kappa shape index (κ3) is 5.54. The Morgan fingerprint density at radius 3 is 2.62 bits per heavy atom. The van der Waals surface area contributed by atoms with Crippen molar-refractivity contribution in [2.45, 2.75) is 11.8 Å². The number of methoxy groups -OCH3 is 1. The number of benzene rings is 2. The molecule has 0 saturated carbocycles. The monoisotopic (exact) mass is 426 g/mol. The molecule has 0 aliphatic rings. The van der Waals surface area contributed by atoms with E-state index in [1.54, 1.807) is 19.2 Å². The van der Waals surface area contributed by atoms with Gasteiger partial charge in [-0.1, -0.05) is 11.6 Å². The van der Waals surface area contributed by atoms with Crippen LogP contribution in [-0.2, 0) is 4.79 Å². The van der Waals surface area contributed by atoms with Crippen LogP contribution >= 0.6 is 39.3 Å². The second kappa shape index (κ2) is 9.11. The molecule has 0 radical (unpaired) electrons. The number of ether oxygens (including phenoxy) is 1. The molecule has 1 amide bonds. The Bertz CT molecular complexity index is 751. The van der Waals surface area contributed by atoms with Gasteiger partial charge >= 0.3 is 0 Å². The molecule has 0 saturated heterocycles. The Labute approximate surface area is 158 Å². The average Bonchev–Trinajstić information content (AvgIpc) is 2.59. The summed E-state index contributed by atoms with van der Waals surface area (Å²) in [7, 11) is 1.61. The first-order valence-electron chi connectivity index (χ1n) is 7.05. The normalized spacial score (nSPS) is 11.2. The second-order valence-corrected chi connectivity index (χ2v) is 7.16. The largest absolute Gasteiger partial charge is 0.496 e. The Hall–Kier alpha value is -1.50. The summed E-state index contributed by atoms with van der Waals surface area (Å²) in [5, 5.41) is 4.81. The number of nitrogens with one attached hydrogen (secondary N) is 1. The summed E-state index contributed by atoms with van der Waals surface area (Å²) in [6, 6.07) is 13.0. The fraction of sp³-hybridized carbons (Fsp3) is 0.176. The van der Waals surface area contributed by atoms with Crippen molar-refractivity contribution < 1.29 is 9.53 Å². The first-order valence-corrected chi connectivity index (χ1v) is 9.20. The van der Waals surface area contributed by atoms with Gasteiger partial charge in [-0.3, -0.25) is 4.79 Å². The molecule has 0 spiro atoms. The van der Waals surface area contributed by atoms with Crippen LogP contribution in [0, 0.1) is 0 Å². The van der Waals surface area contributed by atoms with E-state index in [1.807, 2.05) is 37.3 Å². The molecule has 0 aliphatic carbocycles. The van der Waals surface area contributed by atoms with Crippen LogP contribution in [0.15, 0.2) is 56.9 Å². The van der Waals surface area contributed by atoms with E-state index in [0.717, 1.165) is 20.7 Å². The lowest BCUT2D eigenvalue weighted by Gasteiger charge is -2.06. The average molecular weight is 428 g/mol. The lowest BCUT2D eigenvalue weighted by molar-refractivity contribution is -0.118. The van der Waals surface area contributed by atoms with Crippen LogP contribution < -0.4 is 10.2 Å². The van der Waals surface area contributed by atoms with Crippen LogP contribution in [0.5, 0.6) is 5.75 Å². The number of thioether (sulfide) groups is 1. The van der Waals surface area contributed by atoms with Gasteiger partial charge in [0.25, 0.3) is 0 Å². The number of halogens is 2. The highest BCUT2D eigenvalue weighted by Gasteiger charge is 2.06. The molecule has 0 heterocycles. The summed E-state index contributed by atoms with van der Waals surface area (Å²) in [5.41, 5.74) is 4.17. The molecule has 0 fully saturated rings. The topological polar surface area (TPSA) is 50.7 Å². The Morgan fingerprint density at radius 2 is 2.00 bits per heavy atom. The van der Waals surface area contributed by atoms with Crippen molar-refractivity contribution in [2.75, 3.05) is 12.9 Å². The van der Waals surface area contributed by atoms with Gasteiger partial charge in [-0.25, -0.2) is 5.43 Å². The summed E-state index contributed by atoms with van der Waals surface area (Å²) in [6.45, 7) is 1.83. The number of nitrogens with zero attached hydrogens (tertiary/aromatic N) is 1. The van der Waals surface area contributed by atoms with Gasteiger partial charge < -0.3 is 4.74 Å². The number of rotatable bonds is 6. The van der Waals surface area contributed by atoms with Crippen LogP contribution in [0.3, 0.4) is 0 Å². The molecule has 2 aromatic rings. The summed E-state index contributed by atoms with van der Waals surface area (Å²) < 4.78 is 6.03. The van der Waals surface area contributed by atoms with Crippen LogP contribution in [0.25, 0.3) is 0 Å². The zero-order chi connectivity index (χ0) is 17.5. The molecule has 1 N–H and O–H groups in total. The molecule has 0 bridgehead atoms. The standard InChI is InChI=1S/C17H16BrClN2O2S/c1-11(12-3-8-16(23-2)15(18)9-12)20-21-17(22)10-24-14-6-4-13(19)5-7-14/h3-9H,10H2,1-2H3,(H,21,22)/b20-11-. The Balaban J connectivity index is 1.90. The van der Waals surface area contributed by atoms with Crippen molar-refractivity contribution >= 4 is 50.9 Å². The number of hydrazone groups is 1. The maximum Gasteiger partial charge on any atom is 0.250 e. The summed E-state index contributed by atoms with van der Waals surface area (Å²) in [6.07, 6.45) is 0. The highest BCUT2D eigenvalue weighted by molar-refractivity contribution is 9.10. The predicted octanol–water partition coefficient (Wildman–Crippen LogP) is 4.74. The van der Waals surface area contributed by atoms with Crippen LogP contribution in [0.2, 0.25) is 5.02 Å². The van der Waals surface area contributed by atoms with Crippen LogP contribution in [0.4, 0.5) is 0 Å². The van der Waals surface area contributed by atoms with Gasteiger partial charge in [-0.15, -0.1) is 11.8 Å². The minimum Gasteiger partial charge on any atom is -0.496 e. The number of amides is 1. The third-order valence-corrected chi connectivity index (χ3v) is 4.99. The summed E-state index contributed by atoms with van der Waals surface area (Å²) in [4.78, 5) is 12.9. The maximum atomic E-state index is 11.9. The van der Waals surface area contributed by atoms with Crippen molar-refractivity contribution in [2.24, 2.45) is 5.10 Å². The minimum atomic E-state index is -0.165. The van der Waals surface area contributed by atoms with Crippen molar-refractivity contribution in [1.82, 2.24) is 5.43 Å². The molecule has 0 aliphatic heterocycles. The van der Waals surface area contributed by atoms with E-state index in [0.29, 0.717) is 10.7 Å². The summed E-state index contributed by atoms with van der Waals surface area (Å²) in [5.74, 6) is 0.863. The number of carbonyl (C=O) groups is 1. The van der Waals surface area contributed by atoms with Crippen LogP contribution in [-0.4, -0.2) is 24.5 Å². The van der Waals surface area contributed by atoms with Crippen molar-refractivity contribution in [1.29, 1.82) is 0 Å². The first kappa shape index (κ1) is 18.8. The fourth-order valence-electron chi connectivity index (χ4n) is 1.81. The number of hydrogen-bond donors (Lipinski definition) is 1. The predicted molar refractivity (Wildman–Crippen MR) is 103 cm³/mol. The van der Waals surface area contributed by atoms with Gasteiger partial charge in [0.2, 0.25) is 5.91 Å². The first-order chi connectivity index (χ1) is 11.5. The van der Waals surface area contributed by atoms with Crippen LogP contribution in [0.1, 0.15) is 12.5 Å². The van der Waals surface area contributed by atoms with Gasteiger partial charge in [-0.05, 0) is 70.9 Å². The van der Waals surface area contributed by atoms with Crippen molar-refractivity contribution in [3.63, 3.8) is 0 Å². The molecule has 4 nitrogen and oxygen atoms in total. The molecule has 2 rings (SSSR count). The lowest BCUT2D eigenvalue weighted by atomic mass is 10.1.